The molecule has 0 saturated heterocycles. The molecule has 0 aliphatic carbocycles. The van der Waals surface area contributed by atoms with Gasteiger partial charge in [0.15, 0.2) is 0 Å². The predicted molar refractivity (Wildman–Crippen MR) is 74.1 cm³/mol. The minimum atomic E-state index is -0.753. The molecule has 0 spiro atoms. The Kier molecular flexibility index (Phi) is 3.39. The standard InChI is InChI=1S/C14H17NO2S/c1-9-5-4-6-10-13(9)15-11(18-10)7-14(2,3)8-12(16)17/h4-6H,7-8H2,1-3H3,(H,16,17). The van der Waals surface area contributed by atoms with Gasteiger partial charge in [-0.3, -0.25) is 4.79 Å². The molecule has 0 fully saturated rings. The summed E-state index contributed by atoms with van der Waals surface area (Å²) in [6.07, 6.45) is 0.875. The van der Waals surface area contributed by atoms with Gasteiger partial charge in [-0.25, -0.2) is 4.98 Å². The zero-order valence-corrected chi connectivity index (χ0v) is 11.7. The SMILES string of the molecule is Cc1cccc2sc(CC(C)(C)CC(=O)O)nc12. The van der Waals surface area contributed by atoms with Crippen LogP contribution in [0.5, 0.6) is 0 Å². The van der Waals surface area contributed by atoms with Crippen molar-refractivity contribution in [1.29, 1.82) is 0 Å². The first-order chi connectivity index (χ1) is 8.37. The lowest BCUT2D eigenvalue weighted by Crippen LogP contribution is -2.19. The van der Waals surface area contributed by atoms with E-state index in [1.54, 1.807) is 11.3 Å². The molecule has 1 aromatic heterocycles. The summed E-state index contributed by atoms with van der Waals surface area (Å²) in [7, 11) is 0. The lowest BCUT2D eigenvalue weighted by molar-refractivity contribution is -0.139. The zero-order chi connectivity index (χ0) is 13.3. The molecule has 1 heterocycles. The van der Waals surface area contributed by atoms with Crippen LogP contribution < -0.4 is 0 Å². The van der Waals surface area contributed by atoms with Crippen LogP contribution in [-0.2, 0) is 11.2 Å². The largest absolute Gasteiger partial charge is 0.481 e. The minimum Gasteiger partial charge on any atom is -0.481 e. The molecule has 0 radical (unpaired) electrons. The van der Waals surface area contributed by atoms with Gasteiger partial charge in [-0.1, -0.05) is 26.0 Å². The van der Waals surface area contributed by atoms with E-state index in [1.165, 1.54) is 10.3 Å². The van der Waals surface area contributed by atoms with Crippen molar-refractivity contribution < 1.29 is 9.90 Å². The van der Waals surface area contributed by atoms with Crippen molar-refractivity contribution in [3.63, 3.8) is 0 Å². The van der Waals surface area contributed by atoms with E-state index in [2.05, 4.69) is 11.1 Å². The maximum absolute atomic E-state index is 10.8. The summed E-state index contributed by atoms with van der Waals surface area (Å²) in [4.78, 5) is 15.4. The number of thiazole rings is 1. The first kappa shape index (κ1) is 13.0. The first-order valence-electron chi connectivity index (χ1n) is 5.94. The predicted octanol–water partition coefficient (Wildman–Crippen LogP) is 3.65. The van der Waals surface area contributed by atoms with Crippen LogP contribution in [0.3, 0.4) is 0 Å². The number of carbonyl (C=O) groups is 1. The van der Waals surface area contributed by atoms with E-state index in [4.69, 9.17) is 5.11 Å². The molecule has 0 bridgehead atoms. The van der Waals surface area contributed by atoms with Crippen molar-refractivity contribution in [3.8, 4) is 0 Å². The number of aromatic nitrogens is 1. The van der Waals surface area contributed by atoms with Crippen molar-refractivity contribution in [1.82, 2.24) is 4.98 Å². The summed E-state index contributed by atoms with van der Waals surface area (Å²) < 4.78 is 1.18. The summed E-state index contributed by atoms with van der Waals surface area (Å²) in [6.45, 7) is 5.99. The van der Waals surface area contributed by atoms with E-state index in [0.717, 1.165) is 10.5 Å². The van der Waals surface area contributed by atoms with E-state index in [1.807, 2.05) is 32.9 Å². The molecular formula is C14H17NO2S. The molecule has 0 atom stereocenters. The van der Waals surface area contributed by atoms with Gasteiger partial charge in [0.2, 0.25) is 0 Å². The highest BCUT2D eigenvalue weighted by atomic mass is 32.1. The third-order valence-corrected chi connectivity index (χ3v) is 3.95. The quantitative estimate of drug-likeness (QED) is 0.916. The van der Waals surface area contributed by atoms with E-state index in [0.29, 0.717) is 6.42 Å². The van der Waals surface area contributed by atoms with Crippen molar-refractivity contribution in [2.24, 2.45) is 5.41 Å². The van der Waals surface area contributed by atoms with Crippen LogP contribution in [0.25, 0.3) is 10.2 Å². The van der Waals surface area contributed by atoms with Crippen LogP contribution in [-0.4, -0.2) is 16.1 Å². The van der Waals surface area contributed by atoms with Crippen LogP contribution in [0.4, 0.5) is 0 Å². The second-order valence-electron chi connectivity index (χ2n) is 5.44. The normalized spacial score (nSPS) is 11.9. The van der Waals surface area contributed by atoms with Crippen LogP contribution in [0.2, 0.25) is 0 Å². The summed E-state index contributed by atoms with van der Waals surface area (Å²) in [5, 5.41) is 9.91. The number of nitrogens with zero attached hydrogens (tertiary/aromatic N) is 1. The second-order valence-corrected chi connectivity index (χ2v) is 6.56. The van der Waals surface area contributed by atoms with Gasteiger partial charge >= 0.3 is 5.97 Å². The highest BCUT2D eigenvalue weighted by Crippen LogP contribution is 2.31. The second kappa shape index (κ2) is 4.69. The Morgan fingerprint density at radius 3 is 2.78 bits per heavy atom. The molecule has 0 aliphatic heterocycles. The Morgan fingerprint density at radius 1 is 1.44 bits per heavy atom. The molecule has 1 N–H and O–H groups in total. The monoisotopic (exact) mass is 263 g/mol. The molecule has 0 amide bonds. The maximum atomic E-state index is 10.8. The van der Waals surface area contributed by atoms with Crippen molar-refractivity contribution in [2.75, 3.05) is 0 Å². The molecule has 0 unspecified atom stereocenters. The van der Waals surface area contributed by atoms with Crippen LogP contribution >= 0.6 is 11.3 Å². The highest BCUT2D eigenvalue weighted by Gasteiger charge is 2.24. The Hall–Kier alpha value is -1.42. The summed E-state index contributed by atoms with van der Waals surface area (Å²) in [5.74, 6) is -0.753. The van der Waals surface area contributed by atoms with E-state index in [9.17, 15) is 4.79 Å². The number of para-hydroxylation sites is 1. The number of aliphatic carboxylic acids is 1. The van der Waals surface area contributed by atoms with Crippen molar-refractivity contribution >= 4 is 27.5 Å². The fourth-order valence-electron chi connectivity index (χ4n) is 2.09. The number of fused-ring (bicyclic) bond motifs is 1. The van der Waals surface area contributed by atoms with Gasteiger partial charge in [0.05, 0.1) is 21.6 Å². The number of carboxylic acids is 1. The van der Waals surface area contributed by atoms with Gasteiger partial charge in [-0.15, -0.1) is 11.3 Å². The fourth-order valence-corrected chi connectivity index (χ4v) is 3.39. The number of aryl methyl sites for hydroxylation is 1. The van der Waals surface area contributed by atoms with Crippen molar-refractivity contribution in [3.05, 3.63) is 28.8 Å². The molecule has 4 heteroatoms. The number of hydrogen-bond donors (Lipinski definition) is 1. The topological polar surface area (TPSA) is 50.2 Å². The van der Waals surface area contributed by atoms with Gasteiger partial charge in [0, 0.05) is 6.42 Å². The Morgan fingerprint density at radius 2 is 2.17 bits per heavy atom. The van der Waals surface area contributed by atoms with Gasteiger partial charge in [-0.05, 0) is 24.0 Å². The Bertz CT molecular complexity index is 586. The highest BCUT2D eigenvalue weighted by molar-refractivity contribution is 7.18. The summed E-state index contributed by atoms with van der Waals surface area (Å²) in [6, 6.07) is 6.14. The Labute approximate surface area is 110 Å². The van der Waals surface area contributed by atoms with Gasteiger partial charge in [0.1, 0.15) is 0 Å². The lowest BCUT2D eigenvalue weighted by atomic mass is 9.86. The number of benzene rings is 1. The lowest BCUT2D eigenvalue weighted by Gasteiger charge is -2.20. The maximum Gasteiger partial charge on any atom is 0.303 e. The summed E-state index contributed by atoms with van der Waals surface area (Å²) in [5.41, 5.74) is 1.96. The van der Waals surface area contributed by atoms with E-state index in [-0.39, 0.29) is 11.8 Å². The Balaban J connectivity index is 2.27. The zero-order valence-electron chi connectivity index (χ0n) is 10.9. The van der Waals surface area contributed by atoms with Gasteiger partial charge < -0.3 is 5.11 Å². The van der Waals surface area contributed by atoms with Crippen LogP contribution in [0.1, 0.15) is 30.8 Å². The average Bonchev–Trinajstić information content (AvgIpc) is 2.58. The molecule has 2 aromatic rings. The van der Waals surface area contributed by atoms with Gasteiger partial charge in [-0.2, -0.15) is 0 Å². The number of hydrogen-bond acceptors (Lipinski definition) is 3. The number of carboxylic acid groups (broad SMARTS) is 1. The first-order valence-corrected chi connectivity index (χ1v) is 6.76. The van der Waals surface area contributed by atoms with E-state index < -0.39 is 5.97 Å². The molecule has 18 heavy (non-hydrogen) atoms. The van der Waals surface area contributed by atoms with Crippen molar-refractivity contribution in [2.45, 2.75) is 33.6 Å². The smallest absolute Gasteiger partial charge is 0.303 e. The van der Waals surface area contributed by atoms with E-state index >= 15 is 0 Å². The molecule has 2 rings (SSSR count). The minimum absolute atomic E-state index is 0.169. The molecule has 96 valence electrons. The molecule has 0 aliphatic rings. The third-order valence-electron chi connectivity index (χ3n) is 2.92. The average molecular weight is 263 g/mol. The van der Waals surface area contributed by atoms with Crippen LogP contribution in [0.15, 0.2) is 18.2 Å². The molecule has 1 aromatic carbocycles. The third kappa shape index (κ3) is 2.88. The number of rotatable bonds is 4. The molecular weight excluding hydrogens is 246 g/mol. The van der Waals surface area contributed by atoms with Gasteiger partial charge in [0.25, 0.3) is 0 Å². The molecule has 3 nitrogen and oxygen atoms in total. The van der Waals surface area contributed by atoms with Crippen LogP contribution in [0, 0.1) is 12.3 Å². The molecule has 0 saturated carbocycles. The summed E-state index contributed by atoms with van der Waals surface area (Å²) >= 11 is 1.66. The fraction of sp³-hybridized carbons (Fsp3) is 0.429.